The summed E-state index contributed by atoms with van der Waals surface area (Å²) in [7, 11) is 4.14. The summed E-state index contributed by atoms with van der Waals surface area (Å²) in [5.41, 5.74) is 3.54. The molecule has 1 saturated carbocycles. The first-order chi connectivity index (χ1) is 13.5. The number of likely N-dealkylation sites (N-methyl/N-ethyl adjacent to an activating group) is 1. The third kappa shape index (κ3) is 3.67. The summed E-state index contributed by atoms with van der Waals surface area (Å²) in [4.78, 5) is 15.0. The van der Waals surface area contributed by atoms with E-state index in [-0.39, 0.29) is 23.3 Å². The molecule has 5 nitrogen and oxygen atoms in total. The molecular weight excluding hydrogens is 348 g/mol. The minimum Gasteiger partial charge on any atom is -0.354 e. The number of hydrogen-bond donors (Lipinski definition) is 2. The van der Waals surface area contributed by atoms with Crippen molar-refractivity contribution >= 4 is 16.8 Å². The fraction of sp³-hybridized carbons (Fsp3) is 0.391. The second-order valence-corrected chi connectivity index (χ2v) is 8.40. The monoisotopic (exact) mass is 376 g/mol. The molecule has 2 aromatic carbocycles. The van der Waals surface area contributed by atoms with E-state index in [0.29, 0.717) is 6.54 Å². The zero-order valence-electron chi connectivity index (χ0n) is 16.8. The molecule has 3 aromatic rings. The summed E-state index contributed by atoms with van der Waals surface area (Å²) in [6, 6.07) is 17.0. The predicted octanol–water partition coefficient (Wildman–Crippen LogP) is 3.13. The highest BCUT2D eigenvalue weighted by atomic mass is 16.2. The number of benzene rings is 2. The van der Waals surface area contributed by atoms with Crippen LogP contribution in [0.15, 0.2) is 54.7 Å². The quantitative estimate of drug-likeness (QED) is 0.666. The van der Waals surface area contributed by atoms with Crippen molar-refractivity contribution in [2.24, 2.45) is 5.92 Å². The van der Waals surface area contributed by atoms with Gasteiger partial charge in [0, 0.05) is 29.3 Å². The number of nitrogens with zero attached hydrogens (tertiary/aromatic N) is 2. The lowest BCUT2D eigenvalue weighted by atomic mass is 9.95. The number of carbonyl (C=O) groups is 1. The average Bonchev–Trinajstić information content (AvgIpc) is 3.19. The van der Waals surface area contributed by atoms with Crippen molar-refractivity contribution in [3.63, 3.8) is 0 Å². The molecule has 1 fully saturated rings. The van der Waals surface area contributed by atoms with Gasteiger partial charge in [0.15, 0.2) is 0 Å². The number of aromatic amines is 1. The molecule has 2 N–H and O–H groups in total. The van der Waals surface area contributed by atoms with Crippen molar-refractivity contribution in [1.29, 1.82) is 0 Å². The van der Waals surface area contributed by atoms with E-state index in [4.69, 9.17) is 0 Å². The van der Waals surface area contributed by atoms with Gasteiger partial charge in [-0.05, 0) is 50.2 Å². The Hall–Kier alpha value is -2.66. The van der Waals surface area contributed by atoms with Crippen molar-refractivity contribution in [2.45, 2.75) is 31.2 Å². The highest BCUT2D eigenvalue weighted by Gasteiger charge is 2.55. The lowest BCUT2D eigenvalue weighted by Gasteiger charge is -2.25. The van der Waals surface area contributed by atoms with Crippen molar-refractivity contribution < 1.29 is 4.79 Å². The van der Waals surface area contributed by atoms with Gasteiger partial charge in [0.1, 0.15) is 0 Å². The number of aromatic nitrogens is 2. The smallest absolute Gasteiger partial charge is 0.224 e. The van der Waals surface area contributed by atoms with Gasteiger partial charge < -0.3 is 10.2 Å². The van der Waals surface area contributed by atoms with Crippen LogP contribution in [-0.2, 0) is 16.6 Å². The van der Waals surface area contributed by atoms with E-state index in [1.165, 1.54) is 11.1 Å². The Morgan fingerprint density at radius 1 is 1.29 bits per heavy atom. The van der Waals surface area contributed by atoms with Gasteiger partial charge in [0.25, 0.3) is 0 Å². The van der Waals surface area contributed by atoms with Gasteiger partial charge in [0.2, 0.25) is 5.91 Å². The van der Waals surface area contributed by atoms with E-state index < -0.39 is 0 Å². The Morgan fingerprint density at radius 3 is 2.82 bits per heavy atom. The third-order valence-corrected chi connectivity index (χ3v) is 6.21. The number of rotatable bonds is 7. The van der Waals surface area contributed by atoms with Gasteiger partial charge >= 0.3 is 0 Å². The number of nitrogens with one attached hydrogen (secondary N) is 2. The van der Waals surface area contributed by atoms with Crippen LogP contribution in [0.1, 0.15) is 24.5 Å². The summed E-state index contributed by atoms with van der Waals surface area (Å²) in [6.07, 6.45) is 3.66. The molecule has 0 radical (unpaired) electrons. The van der Waals surface area contributed by atoms with E-state index in [1.54, 1.807) is 0 Å². The SMILES string of the molecule is CN(C)C(CNC(=O)[C@@H]1C[C@@]1(C)c1ccccc1)Cc1ccc2[nH]ncc2c1. The van der Waals surface area contributed by atoms with E-state index in [0.717, 1.165) is 23.7 Å². The van der Waals surface area contributed by atoms with Crippen LogP contribution in [-0.4, -0.2) is 47.7 Å². The van der Waals surface area contributed by atoms with Gasteiger partial charge in [-0.1, -0.05) is 43.3 Å². The Bertz CT molecular complexity index is 965. The van der Waals surface area contributed by atoms with Crippen LogP contribution >= 0.6 is 0 Å². The minimum atomic E-state index is -0.0225. The lowest BCUT2D eigenvalue weighted by molar-refractivity contribution is -0.122. The van der Waals surface area contributed by atoms with Gasteiger partial charge in [-0.25, -0.2) is 0 Å². The van der Waals surface area contributed by atoms with Crippen LogP contribution in [0.4, 0.5) is 0 Å². The molecule has 1 aromatic heterocycles. The molecule has 3 atom stereocenters. The number of hydrogen-bond acceptors (Lipinski definition) is 3. The molecule has 4 rings (SSSR count). The number of H-pyrrole nitrogens is 1. The van der Waals surface area contributed by atoms with Crippen LogP contribution in [0.5, 0.6) is 0 Å². The van der Waals surface area contributed by atoms with Gasteiger partial charge in [0.05, 0.1) is 11.7 Å². The Labute approximate surface area is 166 Å². The molecule has 0 aliphatic heterocycles. The zero-order valence-corrected chi connectivity index (χ0v) is 16.8. The Kier molecular flexibility index (Phi) is 4.94. The van der Waals surface area contributed by atoms with E-state index in [2.05, 4.69) is 71.8 Å². The minimum absolute atomic E-state index is 0.0225. The van der Waals surface area contributed by atoms with Crippen LogP contribution in [0.25, 0.3) is 10.9 Å². The molecule has 1 aliphatic rings. The van der Waals surface area contributed by atoms with E-state index >= 15 is 0 Å². The van der Waals surface area contributed by atoms with Crippen molar-refractivity contribution in [3.05, 3.63) is 65.9 Å². The Morgan fingerprint density at radius 2 is 2.07 bits per heavy atom. The average molecular weight is 377 g/mol. The van der Waals surface area contributed by atoms with E-state index in [1.807, 2.05) is 24.4 Å². The largest absolute Gasteiger partial charge is 0.354 e. The molecular formula is C23H28N4O. The highest BCUT2D eigenvalue weighted by molar-refractivity contribution is 5.84. The summed E-state index contributed by atoms with van der Waals surface area (Å²) < 4.78 is 0. The molecule has 28 heavy (non-hydrogen) atoms. The number of fused-ring (bicyclic) bond motifs is 1. The van der Waals surface area contributed by atoms with Gasteiger partial charge in [-0.15, -0.1) is 0 Å². The Balaban J connectivity index is 1.37. The van der Waals surface area contributed by atoms with Gasteiger partial charge in [-0.2, -0.15) is 5.10 Å². The first kappa shape index (κ1) is 18.7. The first-order valence-corrected chi connectivity index (χ1v) is 9.89. The fourth-order valence-electron chi connectivity index (χ4n) is 4.06. The molecule has 1 aliphatic carbocycles. The topological polar surface area (TPSA) is 61.0 Å². The summed E-state index contributed by atoms with van der Waals surface area (Å²) >= 11 is 0. The maximum atomic E-state index is 12.8. The molecule has 146 valence electrons. The van der Waals surface area contributed by atoms with E-state index in [9.17, 15) is 4.79 Å². The van der Waals surface area contributed by atoms with Crippen LogP contribution in [0.2, 0.25) is 0 Å². The normalized spacial score (nSPS) is 22.4. The van der Waals surface area contributed by atoms with Crippen molar-refractivity contribution in [1.82, 2.24) is 20.4 Å². The second kappa shape index (κ2) is 7.40. The van der Waals surface area contributed by atoms with Crippen LogP contribution in [0, 0.1) is 5.92 Å². The van der Waals surface area contributed by atoms with Crippen molar-refractivity contribution in [3.8, 4) is 0 Å². The van der Waals surface area contributed by atoms with Gasteiger partial charge in [-0.3, -0.25) is 9.89 Å². The highest BCUT2D eigenvalue weighted by Crippen LogP contribution is 2.53. The van der Waals surface area contributed by atoms with Crippen molar-refractivity contribution in [2.75, 3.05) is 20.6 Å². The number of carbonyl (C=O) groups excluding carboxylic acids is 1. The molecule has 1 unspecified atom stereocenters. The fourth-order valence-corrected chi connectivity index (χ4v) is 4.06. The molecule has 0 saturated heterocycles. The molecule has 1 heterocycles. The molecule has 0 bridgehead atoms. The lowest BCUT2D eigenvalue weighted by Crippen LogP contribution is -2.42. The summed E-state index contributed by atoms with van der Waals surface area (Å²) in [6.45, 7) is 2.84. The van der Waals surface area contributed by atoms with Crippen LogP contribution in [0.3, 0.4) is 0 Å². The number of amides is 1. The molecule has 1 amide bonds. The summed E-state index contributed by atoms with van der Waals surface area (Å²) in [5.74, 6) is 0.239. The van der Waals surface area contributed by atoms with Crippen LogP contribution < -0.4 is 5.32 Å². The maximum Gasteiger partial charge on any atom is 0.224 e. The third-order valence-electron chi connectivity index (χ3n) is 6.21. The second-order valence-electron chi connectivity index (χ2n) is 8.40. The molecule has 0 spiro atoms. The predicted molar refractivity (Wildman–Crippen MR) is 112 cm³/mol. The first-order valence-electron chi connectivity index (χ1n) is 9.89. The standard InChI is InChI=1S/C23H28N4O/c1-23(18-7-5-4-6-8-18)13-20(23)22(28)24-15-19(27(2)3)12-16-9-10-21-17(11-16)14-25-26-21/h4-11,14,19-20H,12-13,15H2,1-3H3,(H,24,28)(H,25,26)/t19?,20-,23-/m0/s1. The summed E-state index contributed by atoms with van der Waals surface area (Å²) in [5, 5.41) is 11.4. The zero-order chi connectivity index (χ0) is 19.7. The maximum absolute atomic E-state index is 12.8. The molecule has 5 heteroatoms.